The topological polar surface area (TPSA) is 117 Å². The van der Waals surface area contributed by atoms with Crippen LogP contribution in [0.5, 0.6) is 5.75 Å². The zero-order chi connectivity index (χ0) is 28.4. The largest absolute Gasteiger partial charge is 0.484 e. The maximum Gasteiger partial charge on any atom is 0.271 e. The summed E-state index contributed by atoms with van der Waals surface area (Å²) in [4.78, 5) is 24.7. The fraction of sp³-hybridized carbons (Fsp3) is 0.300. The Morgan fingerprint density at radius 2 is 1.62 bits per heavy atom. The SMILES string of the molecule is CS(=O)(=O)N(Cc1ccccc1)c1ccc(C(=O)N/N=C\c2ccc(OCC(=O)NC3CCCCC3)cc2)cc1. The number of nitrogens with zero attached hydrogens (tertiary/aromatic N) is 2. The van der Waals surface area contributed by atoms with Crippen LogP contribution in [0.3, 0.4) is 0 Å². The Balaban J connectivity index is 1.27. The van der Waals surface area contributed by atoms with E-state index in [1.807, 2.05) is 30.3 Å². The molecule has 3 aromatic carbocycles. The predicted octanol–water partition coefficient (Wildman–Crippen LogP) is 4.24. The fourth-order valence-electron chi connectivity index (χ4n) is 4.47. The lowest BCUT2D eigenvalue weighted by atomic mass is 9.95. The average molecular weight is 563 g/mol. The van der Waals surface area contributed by atoms with Gasteiger partial charge in [-0.15, -0.1) is 0 Å². The number of amides is 2. The molecular weight excluding hydrogens is 528 g/mol. The lowest BCUT2D eigenvalue weighted by Gasteiger charge is -2.22. The number of carbonyl (C=O) groups excluding carboxylic acids is 2. The Bertz CT molecular complexity index is 1400. The molecule has 1 saturated carbocycles. The molecule has 0 unspecified atom stereocenters. The van der Waals surface area contributed by atoms with Gasteiger partial charge in [-0.25, -0.2) is 13.8 Å². The van der Waals surface area contributed by atoms with Gasteiger partial charge in [0.2, 0.25) is 10.0 Å². The van der Waals surface area contributed by atoms with E-state index in [-0.39, 0.29) is 25.1 Å². The van der Waals surface area contributed by atoms with Gasteiger partial charge in [-0.3, -0.25) is 13.9 Å². The first-order chi connectivity index (χ1) is 19.3. The van der Waals surface area contributed by atoms with Crippen molar-refractivity contribution in [1.82, 2.24) is 10.7 Å². The number of hydrazone groups is 1. The molecule has 0 atom stereocenters. The maximum absolute atomic E-state index is 12.5. The summed E-state index contributed by atoms with van der Waals surface area (Å²) in [7, 11) is -3.53. The summed E-state index contributed by atoms with van der Waals surface area (Å²) in [5, 5.41) is 7.03. The van der Waals surface area contributed by atoms with Gasteiger partial charge in [-0.1, -0.05) is 49.6 Å². The molecule has 0 heterocycles. The number of rotatable bonds is 11. The second-order valence-corrected chi connectivity index (χ2v) is 11.7. The predicted molar refractivity (Wildman–Crippen MR) is 156 cm³/mol. The number of sulfonamides is 1. The quantitative estimate of drug-likeness (QED) is 0.268. The molecule has 1 aliphatic carbocycles. The smallest absolute Gasteiger partial charge is 0.271 e. The second kappa shape index (κ2) is 13.7. The monoisotopic (exact) mass is 562 g/mol. The zero-order valence-electron chi connectivity index (χ0n) is 22.5. The third-order valence-electron chi connectivity index (χ3n) is 6.59. The number of hydrogen-bond donors (Lipinski definition) is 2. The van der Waals surface area contributed by atoms with E-state index in [2.05, 4.69) is 15.8 Å². The fourth-order valence-corrected chi connectivity index (χ4v) is 5.36. The van der Waals surface area contributed by atoms with Gasteiger partial charge < -0.3 is 10.1 Å². The number of nitrogens with one attached hydrogen (secondary N) is 2. The highest BCUT2D eigenvalue weighted by atomic mass is 32.2. The molecule has 40 heavy (non-hydrogen) atoms. The van der Waals surface area contributed by atoms with Crippen LogP contribution in [0.25, 0.3) is 0 Å². The van der Waals surface area contributed by atoms with Crippen LogP contribution in [-0.4, -0.2) is 45.4 Å². The van der Waals surface area contributed by atoms with Gasteiger partial charge in [-0.2, -0.15) is 5.10 Å². The van der Waals surface area contributed by atoms with Gasteiger partial charge in [0.1, 0.15) is 5.75 Å². The van der Waals surface area contributed by atoms with E-state index in [0.29, 0.717) is 17.0 Å². The van der Waals surface area contributed by atoms with E-state index in [1.54, 1.807) is 48.5 Å². The highest BCUT2D eigenvalue weighted by Crippen LogP contribution is 2.21. The van der Waals surface area contributed by atoms with Crippen molar-refractivity contribution < 1.29 is 22.7 Å². The van der Waals surface area contributed by atoms with Gasteiger partial charge in [0, 0.05) is 11.6 Å². The summed E-state index contributed by atoms with van der Waals surface area (Å²) >= 11 is 0. The van der Waals surface area contributed by atoms with Crippen LogP contribution in [-0.2, 0) is 21.4 Å². The third kappa shape index (κ3) is 8.67. The summed E-state index contributed by atoms with van der Waals surface area (Å²) in [5.41, 5.74) is 4.86. The normalized spacial score (nSPS) is 14.0. The molecule has 2 amide bonds. The standard InChI is InChI=1S/C30H34N4O5S/c1-40(37,38)34(21-24-8-4-2-5-9-24)27-16-14-25(15-17-27)30(36)33-31-20-23-12-18-28(19-13-23)39-22-29(35)32-26-10-6-3-7-11-26/h2,4-5,8-9,12-20,26H,3,6-7,10-11,21-22H2,1H3,(H,32,35)(H,33,36)/b31-20-. The van der Waals surface area contributed by atoms with E-state index >= 15 is 0 Å². The van der Waals surface area contributed by atoms with Crippen molar-refractivity contribution in [2.45, 2.75) is 44.7 Å². The highest BCUT2D eigenvalue weighted by molar-refractivity contribution is 7.92. The van der Waals surface area contributed by atoms with E-state index < -0.39 is 15.9 Å². The highest BCUT2D eigenvalue weighted by Gasteiger charge is 2.19. The van der Waals surface area contributed by atoms with Crippen molar-refractivity contribution in [3.8, 4) is 5.75 Å². The molecule has 3 aromatic rings. The summed E-state index contributed by atoms with van der Waals surface area (Å²) in [6, 6.07) is 22.8. The van der Waals surface area contributed by atoms with E-state index in [4.69, 9.17) is 4.74 Å². The lowest BCUT2D eigenvalue weighted by molar-refractivity contribution is -0.124. The van der Waals surface area contributed by atoms with E-state index in [0.717, 1.165) is 43.1 Å². The summed E-state index contributed by atoms with van der Waals surface area (Å²) in [5.74, 6) is 0.0182. The van der Waals surface area contributed by atoms with Crippen molar-refractivity contribution in [3.05, 3.63) is 95.6 Å². The molecule has 0 spiro atoms. The molecule has 210 valence electrons. The Hall–Kier alpha value is -4.18. The van der Waals surface area contributed by atoms with Gasteiger partial charge in [-0.05, 0) is 72.5 Å². The van der Waals surface area contributed by atoms with Crippen LogP contribution in [0.1, 0.15) is 53.6 Å². The number of hydrogen-bond acceptors (Lipinski definition) is 6. The van der Waals surface area contributed by atoms with Gasteiger partial charge in [0.05, 0.1) is 24.7 Å². The van der Waals surface area contributed by atoms with Crippen molar-refractivity contribution in [2.75, 3.05) is 17.2 Å². The number of ether oxygens (including phenoxy) is 1. The molecular formula is C30H34N4O5S. The van der Waals surface area contributed by atoms with Crippen molar-refractivity contribution in [2.24, 2.45) is 5.10 Å². The molecule has 9 nitrogen and oxygen atoms in total. The molecule has 0 saturated heterocycles. The zero-order valence-corrected chi connectivity index (χ0v) is 23.3. The van der Waals surface area contributed by atoms with Gasteiger partial charge >= 0.3 is 0 Å². The van der Waals surface area contributed by atoms with Crippen LogP contribution < -0.4 is 19.8 Å². The summed E-state index contributed by atoms with van der Waals surface area (Å²) < 4.78 is 31.7. The Labute approximate surface area is 235 Å². The Morgan fingerprint density at radius 3 is 2.27 bits per heavy atom. The Kier molecular flexibility index (Phi) is 9.91. The Morgan fingerprint density at radius 1 is 0.950 bits per heavy atom. The van der Waals surface area contributed by atoms with Crippen molar-refractivity contribution >= 4 is 33.7 Å². The van der Waals surface area contributed by atoms with Crippen molar-refractivity contribution in [1.29, 1.82) is 0 Å². The van der Waals surface area contributed by atoms with Gasteiger partial charge in [0.25, 0.3) is 11.8 Å². The molecule has 0 aliphatic heterocycles. The molecule has 0 radical (unpaired) electrons. The molecule has 10 heteroatoms. The third-order valence-corrected chi connectivity index (χ3v) is 7.73. The summed E-state index contributed by atoms with van der Waals surface area (Å²) in [6.07, 6.45) is 8.24. The van der Waals surface area contributed by atoms with Crippen LogP contribution >= 0.6 is 0 Å². The first kappa shape index (κ1) is 28.8. The lowest BCUT2D eigenvalue weighted by Crippen LogP contribution is -2.38. The van der Waals surface area contributed by atoms with Crippen LogP contribution in [0, 0.1) is 0 Å². The number of carbonyl (C=O) groups is 2. The number of benzene rings is 3. The number of anilines is 1. The molecule has 1 aliphatic rings. The molecule has 4 rings (SSSR count). The van der Waals surface area contributed by atoms with Crippen LogP contribution in [0.2, 0.25) is 0 Å². The molecule has 0 aromatic heterocycles. The van der Waals surface area contributed by atoms with Crippen LogP contribution in [0.15, 0.2) is 84.0 Å². The van der Waals surface area contributed by atoms with E-state index in [9.17, 15) is 18.0 Å². The van der Waals surface area contributed by atoms with E-state index in [1.165, 1.54) is 16.9 Å². The maximum atomic E-state index is 12.5. The van der Waals surface area contributed by atoms with Crippen molar-refractivity contribution in [3.63, 3.8) is 0 Å². The minimum Gasteiger partial charge on any atom is -0.484 e. The first-order valence-electron chi connectivity index (χ1n) is 13.3. The minimum atomic E-state index is -3.53. The molecule has 2 N–H and O–H groups in total. The second-order valence-electron chi connectivity index (χ2n) is 9.76. The van der Waals surface area contributed by atoms with Gasteiger partial charge in [0.15, 0.2) is 6.61 Å². The molecule has 0 bridgehead atoms. The molecule has 1 fully saturated rings. The summed E-state index contributed by atoms with van der Waals surface area (Å²) in [6.45, 7) is 0.153. The minimum absolute atomic E-state index is 0.0347. The average Bonchev–Trinajstić information content (AvgIpc) is 2.96. The van der Waals surface area contributed by atoms with Crippen LogP contribution in [0.4, 0.5) is 5.69 Å². The first-order valence-corrected chi connectivity index (χ1v) is 15.1.